The van der Waals surface area contributed by atoms with Crippen molar-refractivity contribution in [3.05, 3.63) is 35.9 Å². The van der Waals surface area contributed by atoms with E-state index in [1.807, 2.05) is 30.3 Å². The van der Waals surface area contributed by atoms with E-state index in [0.29, 0.717) is 6.61 Å². The largest absolute Gasteiger partial charge is 0.394 e. The van der Waals surface area contributed by atoms with Crippen LogP contribution in [-0.2, 0) is 20.8 Å². The zero-order valence-corrected chi connectivity index (χ0v) is 11.3. The van der Waals surface area contributed by atoms with Gasteiger partial charge in [-0.05, 0) is 5.56 Å². The van der Waals surface area contributed by atoms with Gasteiger partial charge in [-0.15, -0.1) is 0 Å². The van der Waals surface area contributed by atoms with Crippen LogP contribution in [0.4, 0.5) is 0 Å². The van der Waals surface area contributed by atoms with Gasteiger partial charge in [-0.25, -0.2) is 0 Å². The molecule has 2 rings (SSSR count). The van der Waals surface area contributed by atoms with E-state index in [2.05, 4.69) is 0 Å². The Morgan fingerprint density at radius 3 is 2.50 bits per heavy atom. The van der Waals surface area contributed by atoms with Gasteiger partial charge in [0.05, 0.1) is 13.2 Å². The molecule has 0 aliphatic carbocycles. The average Bonchev–Trinajstić information content (AvgIpc) is 2.73. The van der Waals surface area contributed by atoms with Crippen molar-refractivity contribution in [1.82, 2.24) is 0 Å². The van der Waals surface area contributed by atoms with E-state index in [9.17, 15) is 10.2 Å². The maximum Gasteiger partial charge on any atom is 0.221 e. The molecular formula is C14H20O6. The minimum absolute atomic E-state index is 0.0485. The second-order valence-electron chi connectivity index (χ2n) is 4.77. The Hall–Kier alpha value is -1.02. The zero-order chi connectivity index (χ0) is 14.6. The maximum absolute atomic E-state index is 10.0. The standard InChI is InChI=1S/C14H20O6/c1-18-14(13(17)12(16)11(7-15)20-14)9-19-8-10-5-3-2-4-6-10/h2-6,11-13,15-17H,7-9H2,1H3/t11-,12-,13+,14?/m1/s1. The Labute approximate surface area is 117 Å². The predicted molar refractivity (Wildman–Crippen MR) is 69.8 cm³/mol. The summed E-state index contributed by atoms with van der Waals surface area (Å²) in [6.45, 7) is -0.114. The first-order valence-electron chi connectivity index (χ1n) is 6.44. The van der Waals surface area contributed by atoms with Crippen molar-refractivity contribution in [1.29, 1.82) is 0 Å². The van der Waals surface area contributed by atoms with Gasteiger partial charge in [-0.3, -0.25) is 0 Å². The van der Waals surface area contributed by atoms with Crippen molar-refractivity contribution in [2.45, 2.75) is 30.7 Å². The summed E-state index contributed by atoms with van der Waals surface area (Å²) in [4.78, 5) is 0. The molecule has 0 bridgehead atoms. The molecule has 1 heterocycles. The van der Waals surface area contributed by atoms with Crippen molar-refractivity contribution in [3.63, 3.8) is 0 Å². The van der Waals surface area contributed by atoms with Crippen LogP contribution in [0.1, 0.15) is 5.56 Å². The maximum atomic E-state index is 10.0. The van der Waals surface area contributed by atoms with Gasteiger partial charge < -0.3 is 29.5 Å². The number of ether oxygens (including phenoxy) is 3. The third-order valence-electron chi connectivity index (χ3n) is 3.45. The van der Waals surface area contributed by atoms with Crippen LogP contribution in [-0.4, -0.2) is 59.7 Å². The summed E-state index contributed by atoms with van der Waals surface area (Å²) in [7, 11) is 1.36. The summed E-state index contributed by atoms with van der Waals surface area (Å²) in [5.74, 6) is -1.46. The van der Waals surface area contributed by atoms with E-state index < -0.39 is 30.7 Å². The molecular weight excluding hydrogens is 264 g/mol. The highest BCUT2D eigenvalue weighted by Crippen LogP contribution is 2.32. The van der Waals surface area contributed by atoms with Crippen LogP contribution >= 0.6 is 0 Å². The smallest absolute Gasteiger partial charge is 0.221 e. The Morgan fingerprint density at radius 2 is 1.95 bits per heavy atom. The van der Waals surface area contributed by atoms with Crippen LogP contribution in [0.2, 0.25) is 0 Å². The van der Waals surface area contributed by atoms with Gasteiger partial charge in [0, 0.05) is 7.11 Å². The number of aliphatic hydroxyl groups is 3. The Bertz CT molecular complexity index is 411. The molecule has 0 spiro atoms. The van der Waals surface area contributed by atoms with Gasteiger partial charge >= 0.3 is 0 Å². The third kappa shape index (κ3) is 3.01. The van der Waals surface area contributed by atoms with Crippen LogP contribution < -0.4 is 0 Å². The van der Waals surface area contributed by atoms with Crippen LogP contribution in [0.25, 0.3) is 0 Å². The van der Waals surface area contributed by atoms with Gasteiger partial charge in [-0.1, -0.05) is 30.3 Å². The normalized spacial score (nSPS) is 33.5. The van der Waals surface area contributed by atoms with Gasteiger partial charge in [0.1, 0.15) is 24.9 Å². The summed E-state index contributed by atoms with van der Waals surface area (Å²) in [5.41, 5.74) is 0.977. The van der Waals surface area contributed by atoms with E-state index >= 15 is 0 Å². The van der Waals surface area contributed by atoms with Crippen LogP contribution in [0, 0.1) is 0 Å². The highest BCUT2D eigenvalue weighted by atomic mass is 16.7. The molecule has 112 valence electrons. The summed E-state index contributed by atoms with van der Waals surface area (Å²) in [6.07, 6.45) is -3.37. The minimum atomic E-state index is -1.46. The molecule has 1 fully saturated rings. The van der Waals surface area contributed by atoms with E-state index in [1.165, 1.54) is 7.11 Å². The molecule has 6 nitrogen and oxygen atoms in total. The monoisotopic (exact) mass is 284 g/mol. The number of rotatable bonds is 6. The van der Waals surface area contributed by atoms with Crippen LogP contribution in [0.15, 0.2) is 30.3 Å². The van der Waals surface area contributed by atoms with E-state index in [4.69, 9.17) is 19.3 Å². The van der Waals surface area contributed by atoms with Gasteiger partial charge in [0.15, 0.2) is 0 Å². The van der Waals surface area contributed by atoms with Gasteiger partial charge in [-0.2, -0.15) is 0 Å². The zero-order valence-electron chi connectivity index (χ0n) is 11.3. The molecule has 3 N–H and O–H groups in total. The summed E-state index contributed by atoms with van der Waals surface area (Å²) in [5, 5.41) is 28.9. The number of aliphatic hydroxyl groups excluding tert-OH is 3. The molecule has 20 heavy (non-hydrogen) atoms. The lowest BCUT2D eigenvalue weighted by atomic mass is 10.1. The number of hydrogen-bond acceptors (Lipinski definition) is 6. The molecule has 1 saturated heterocycles. The van der Waals surface area contributed by atoms with Crippen molar-refractivity contribution in [2.24, 2.45) is 0 Å². The SMILES string of the molecule is COC1(COCc2ccccc2)O[C@H](CO)[C@@H](O)[C@@H]1O. The summed E-state index contributed by atoms with van der Waals surface area (Å²) >= 11 is 0. The molecule has 1 aromatic rings. The van der Waals surface area contributed by atoms with Crippen LogP contribution in [0.5, 0.6) is 0 Å². The number of hydrogen-bond donors (Lipinski definition) is 3. The van der Waals surface area contributed by atoms with Crippen molar-refractivity contribution in [2.75, 3.05) is 20.3 Å². The molecule has 0 saturated carbocycles. The van der Waals surface area contributed by atoms with Gasteiger partial charge in [0.2, 0.25) is 5.79 Å². The molecule has 4 atom stereocenters. The van der Waals surface area contributed by atoms with Crippen molar-refractivity contribution < 1.29 is 29.5 Å². The average molecular weight is 284 g/mol. The lowest BCUT2D eigenvalue weighted by Crippen LogP contribution is -2.48. The van der Waals surface area contributed by atoms with E-state index in [1.54, 1.807) is 0 Å². The first-order valence-corrected chi connectivity index (χ1v) is 6.44. The fraction of sp³-hybridized carbons (Fsp3) is 0.571. The molecule has 1 aliphatic rings. The number of methoxy groups -OCH3 is 1. The molecule has 0 radical (unpaired) electrons. The third-order valence-corrected chi connectivity index (χ3v) is 3.45. The predicted octanol–water partition coefficient (Wildman–Crippen LogP) is -0.341. The van der Waals surface area contributed by atoms with Crippen molar-refractivity contribution in [3.8, 4) is 0 Å². The second kappa shape index (κ2) is 6.62. The fourth-order valence-corrected chi connectivity index (χ4v) is 2.24. The molecule has 0 aromatic heterocycles. The first-order chi connectivity index (χ1) is 9.63. The van der Waals surface area contributed by atoms with E-state index in [0.717, 1.165) is 5.56 Å². The second-order valence-corrected chi connectivity index (χ2v) is 4.77. The molecule has 1 unspecified atom stereocenters. The highest BCUT2D eigenvalue weighted by molar-refractivity contribution is 5.13. The lowest BCUT2D eigenvalue weighted by Gasteiger charge is -2.30. The Kier molecular flexibility index (Phi) is 5.09. The quantitative estimate of drug-likeness (QED) is 0.662. The lowest BCUT2D eigenvalue weighted by molar-refractivity contribution is -0.271. The molecule has 0 amide bonds. The molecule has 1 aliphatic heterocycles. The Balaban J connectivity index is 1.95. The fourth-order valence-electron chi connectivity index (χ4n) is 2.24. The first kappa shape index (κ1) is 15.4. The minimum Gasteiger partial charge on any atom is -0.394 e. The number of benzene rings is 1. The highest BCUT2D eigenvalue weighted by Gasteiger charge is 2.54. The molecule has 6 heteroatoms. The van der Waals surface area contributed by atoms with Crippen LogP contribution in [0.3, 0.4) is 0 Å². The van der Waals surface area contributed by atoms with E-state index in [-0.39, 0.29) is 6.61 Å². The van der Waals surface area contributed by atoms with Crippen molar-refractivity contribution >= 4 is 0 Å². The Morgan fingerprint density at radius 1 is 1.25 bits per heavy atom. The topological polar surface area (TPSA) is 88.4 Å². The summed E-state index contributed by atoms with van der Waals surface area (Å²) in [6, 6.07) is 9.54. The van der Waals surface area contributed by atoms with Gasteiger partial charge in [0.25, 0.3) is 0 Å². The molecule has 1 aromatic carbocycles. The summed E-state index contributed by atoms with van der Waals surface area (Å²) < 4.78 is 16.1.